The van der Waals surface area contributed by atoms with Gasteiger partial charge in [-0.15, -0.1) is 0 Å². The van der Waals surface area contributed by atoms with E-state index >= 15 is 0 Å². The third-order valence-electron chi connectivity index (χ3n) is 2.53. The van der Waals surface area contributed by atoms with E-state index in [-0.39, 0.29) is 12.1 Å². The van der Waals surface area contributed by atoms with Gasteiger partial charge >= 0.3 is 0 Å². The number of nitrogens with one attached hydrogen (secondary N) is 1. The van der Waals surface area contributed by atoms with Crippen molar-refractivity contribution >= 4 is 16.7 Å². The maximum atomic E-state index is 9.14. The molecule has 0 unspecified atom stereocenters. The van der Waals surface area contributed by atoms with Crippen molar-refractivity contribution in [3.63, 3.8) is 0 Å². The minimum atomic E-state index is -0.113. The van der Waals surface area contributed by atoms with E-state index in [4.69, 9.17) is 9.84 Å². The smallest absolute Gasteiger partial charge is 0.203 e. The second-order valence-electron chi connectivity index (χ2n) is 3.82. The van der Waals surface area contributed by atoms with E-state index in [9.17, 15) is 0 Å². The van der Waals surface area contributed by atoms with Crippen molar-refractivity contribution in [3.05, 3.63) is 5.82 Å². The molecule has 2 rings (SSSR count). The second-order valence-corrected chi connectivity index (χ2v) is 4.57. The van der Waals surface area contributed by atoms with E-state index in [1.54, 1.807) is 7.11 Å². The molecule has 1 heterocycles. The number of rotatable bonds is 6. The molecular formula is C9H15N3O2S. The standard InChI is InChI=1S/C9H15N3O2S/c1-14-5-2-7-10-8(15-12-7)11-9(6-13)3-4-9/h13H,2-6H2,1H3,(H,10,11,12). The molecule has 0 saturated heterocycles. The van der Waals surface area contributed by atoms with Gasteiger partial charge in [0.2, 0.25) is 5.13 Å². The SMILES string of the molecule is COCCc1nsc(NC2(CO)CC2)n1. The second kappa shape index (κ2) is 4.42. The fourth-order valence-electron chi connectivity index (χ4n) is 1.30. The molecule has 84 valence electrons. The van der Waals surface area contributed by atoms with Crippen LogP contribution >= 0.6 is 11.5 Å². The first kappa shape index (κ1) is 10.8. The van der Waals surface area contributed by atoms with Crippen LogP contribution in [0.5, 0.6) is 0 Å². The number of hydrogen-bond acceptors (Lipinski definition) is 6. The highest BCUT2D eigenvalue weighted by Crippen LogP contribution is 2.38. The third-order valence-corrected chi connectivity index (χ3v) is 3.19. The van der Waals surface area contributed by atoms with Gasteiger partial charge in [0.25, 0.3) is 0 Å². The Balaban J connectivity index is 1.89. The van der Waals surface area contributed by atoms with Gasteiger partial charge in [0, 0.05) is 25.1 Å². The predicted octanol–water partition coefficient (Wildman–Crippen LogP) is 0.664. The van der Waals surface area contributed by atoms with Gasteiger partial charge in [-0.05, 0) is 12.8 Å². The van der Waals surface area contributed by atoms with Crippen molar-refractivity contribution in [1.29, 1.82) is 0 Å². The lowest BCUT2D eigenvalue weighted by molar-refractivity contribution is 0.201. The largest absolute Gasteiger partial charge is 0.394 e. The number of hydrogen-bond donors (Lipinski definition) is 2. The fraction of sp³-hybridized carbons (Fsp3) is 0.778. The average molecular weight is 229 g/mol. The zero-order valence-electron chi connectivity index (χ0n) is 8.69. The molecule has 1 aromatic rings. The molecular weight excluding hydrogens is 214 g/mol. The molecule has 15 heavy (non-hydrogen) atoms. The Bertz CT molecular complexity index is 325. The Labute approximate surface area is 92.7 Å². The van der Waals surface area contributed by atoms with E-state index in [1.807, 2.05) is 0 Å². The van der Waals surface area contributed by atoms with Crippen molar-refractivity contribution in [2.45, 2.75) is 24.8 Å². The first-order valence-electron chi connectivity index (χ1n) is 4.98. The van der Waals surface area contributed by atoms with Crippen LogP contribution in [0.25, 0.3) is 0 Å². The predicted molar refractivity (Wildman–Crippen MR) is 58.2 cm³/mol. The van der Waals surface area contributed by atoms with Crippen LogP contribution in [-0.2, 0) is 11.2 Å². The summed E-state index contributed by atoms with van der Waals surface area (Å²) in [6, 6.07) is 0. The summed E-state index contributed by atoms with van der Waals surface area (Å²) in [6.07, 6.45) is 2.76. The van der Waals surface area contributed by atoms with Crippen molar-refractivity contribution < 1.29 is 9.84 Å². The summed E-state index contributed by atoms with van der Waals surface area (Å²) in [7, 11) is 1.66. The Morgan fingerprint density at radius 3 is 3.00 bits per heavy atom. The van der Waals surface area contributed by atoms with Crippen molar-refractivity contribution in [2.75, 3.05) is 25.6 Å². The molecule has 0 atom stereocenters. The molecule has 0 radical (unpaired) electrons. The van der Waals surface area contributed by atoms with Crippen LogP contribution in [0.1, 0.15) is 18.7 Å². The van der Waals surface area contributed by atoms with Crippen molar-refractivity contribution in [2.24, 2.45) is 0 Å². The maximum Gasteiger partial charge on any atom is 0.203 e. The van der Waals surface area contributed by atoms with E-state index < -0.39 is 0 Å². The molecule has 0 aliphatic heterocycles. The highest BCUT2D eigenvalue weighted by Gasteiger charge is 2.42. The van der Waals surface area contributed by atoms with Crippen LogP contribution in [0, 0.1) is 0 Å². The van der Waals surface area contributed by atoms with Gasteiger partial charge in [-0.25, -0.2) is 4.98 Å². The van der Waals surface area contributed by atoms with Crippen molar-refractivity contribution in [1.82, 2.24) is 9.36 Å². The lowest BCUT2D eigenvalue weighted by atomic mass is 10.3. The Morgan fingerprint density at radius 1 is 1.60 bits per heavy atom. The summed E-state index contributed by atoms with van der Waals surface area (Å²) in [4.78, 5) is 4.33. The van der Waals surface area contributed by atoms with Crippen molar-refractivity contribution in [3.8, 4) is 0 Å². The van der Waals surface area contributed by atoms with E-state index in [2.05, 4.69) is 14.7 Å². The molecule has 1 aliphatic rings. The topological polar surface area (TPSA) is 67.3 Å². The van der Waals surface area contributed by atoms with E-state index in [0.717, 1.165) is 30.2 Å². The molecule has 0 aromatic carbocycles. The minimum absolute atomic E-state index is 0.113. The molecule has 1 fully saturated rings. The Kier molecular flexibility index (Phi) is 3.18. The quantitative estimate of drug-likeness (QED) is 0.750. The lowest BCUT2D eigenvalue weighted by Crippen LogP contribution is -2.25. The van der Waals surface area contributed by atoms with Gasteiger partial charge < -0.3 is 15.2 Å². The molecule has 0 spiro atoms. The Hall–Kier alpha value is -0.720. The van der Waals surface area contributed by atoms with E-state index in [1.165, 1.54) is 11.5 Å². The highest BCUT2D eigenvalue weighted by molar-refractivity contribution is 7.09. The summed E-state index contributed by atoms with van der Waals surface area (Å²) < 4.78 is 9.16. The van der Waals surface area contributed by atoms with Crippen LogP contribution in [0.4, 0.5) is 5.13 Å². The summed E-state index contributed by atoms with van der Waals surface area (Å²) in [5.41, 5.74) is -0.113. The lowest BCUT2D eigenvalue weighted by Gasteiger charge is -2.11. The van der Waals surface area contributed by atoms with Crippen LogP contribution in [0.2, 0.25) is 0 Å². The number of aliphatic hydroxyl groups is 1. The molecule has 1 aliphatic carbocycles. The van der Waals surface area contributed by atoms with Crippen LogP contribution < -0.4 is 5.32 Å². The molecule has 5 nitrogen and oxygen atoms in total. The number of aromatic nitrogens is 2. The van der Waals surface area contributed by atoms with Crippen LogP contribution in [-0.4, -0.2) is 40.3 Å². The van der Waals surface area contributed by atoms with Gasteiger partial charge in [0.05, 0.1) is 18.8 Å². The van der Waals surface area contributed by atoms with Gasteiger partial charge in [-0.1, -0.05) is 0 Å². The zero-order chi connectivity index (χ0) is 10.7. The normalized spacial score (nSPS) is 17.7. The van der Waals surface area contributed by atoms with Crippen LogP contribution in [0.3, 0.4) is 0 Å². The monoisotopic (exact) mass is 229 g/mol. The third kappa shape index (κ3) is 2.64. The van der Waals surface area contributed by atoms with E-state index in [0.29, 0.717) is 6.61 Å². The van der Waals surface area contributed by atoms with Gasteiger partial charge in [0.15, 0.2) is 0 Å². The number of nitrogens with zero attached hydrogens (tertiary/aromatic N) is 2. The molecule has 0 amide bonds. The molecule has 1 saturated carbocycles. The fourth-order valence-corrected chi connectivity index (χ4v) is 2.03. The highest BCUT2D eigenvalue weighted by atomic mass is 32.1. The Morgan fingerprint density at radius 2 is 2.40 bits per heavy atom. The summed E-state index contributed by atoms with van der Waals surface area (Å²) >= 11 is 1.34. The van der Waals surface area contributed by atoms with Crippen LogP contribution in [0.15, 0.2) is 0 Å². The van der Waals surface area contributed by atoms with Gasteiger partial charge in [0.1, 0.15) is 5.82 Å². The molecule has 1 aromatic heterocycles. The number of anilines is 1. The summed E-state index contributed by atoms with van der Waals surface area (Å²) in [5, 5.41) is 13.2. The van der Waals surface area contributed by atoms with Gasteiger partial charge in [-0.2, -0.15) is 4.37 Å². The molecule has 0 bridgehead atoms. The first-order chi connectivity index (χ1) is 7.28. The number of methoxy groups -OCH3 is 1. The number of ether oxygens (including phenoxy) is 1. The minimum Gasteiger partial charge on any atom is -0.394 e. The first-order valence-corrected chi connectivity index (χ1v) is 5.76. The molecule has 2 N–H and O–H groups in total. The summed E-state index contributed by atoms with van der Waals surface area (Å²) in [6.45, 7) is 0.807. The molecule has 6 heteroatoms. The average Bonchev–Trinajstić information content (AvgIpc) is 2.88. The maximum absolute atomic E-state index is 9.14. The van der Waals surface area contributed by atoms with Gasteiger partial charge in [-0.3, -0.25) is 0 Å². The zero-order valence-corrected chi connectivity index (χ0v) is 9.51. The summed E-state index contributed by atoms with van der Waals surface area (Å²) in [5.74, 6) is 0.804. The number of aliphatic hydroxyl groups excluding tert-OH is 1.